The van der Waals surface area contributed by atoms with E-state index >= 15 is 0 Å². The fourth-order valence-corrected chi connectivity index (χ4v) is 1.53. The van der Waals surface area contributed by atoms with E-state index in [-0.39, 0.29) is 11.4 Å². The van der Waals surface area contributed by atoms with Gasteiger partial charge in [0.1, 0.15) is 11.2 Å². The number of nitro benzene ring substituents is 1. The van der Waals surface area contributed by atoms with Crippen molar-refractivity contribution in [3.8, 4) is 0 Å². The van der Waals surface area contributed by atoms with Gasteiger partial charge in [-0.1, -0.05) is 15.9 Å². The zero-order chi connectivity index (χ0) is 13.2. The Balaban J connectivity index is 3.17. The Kier molecular flexibility index (Phi) is 3.72. The summed E-state index contributed by atoms with van der Waals surface area (Å²) in [6.07, 6.45) is 0. The minimum absolute atomic E-state index is 0.109. The van der Waals surface area contributed by atoms with Crippen molar-refractivity contribution in [2.24, 2.45) is 5.73 Å². The van der Waals surface area contributed by atoms with Gasteiger partial charge in [0.15, 0.2) is 0 Å². The number of carbonyl (C=O) groups excluding carboxylic acids is 1. The lowest BCUT2D eigenvalue weighted by Crippen LogP contribution is -2.45. The number of anilines is 1. The number of nitrogens with one attached hydrogen (secondary N) is 1. The van der Waals surface area contributed by atoms with Crippen LogP contribution in [0, 0.1) is 10.1 Å². The van der Waals surface area contributed by atoms with Gasteiger partial charge in [-0.15, -0.1) is 0 Å². The standard InChI is InChI=1S/C10H12BrN3O3/c1-10(2,9(12)15)13-7-5-6(11)3-4-8(7)14(16)17/h3-5,13H,1-2H3,(H2,12,15). The first-order valence-electron chi connectivity index (χ1n) is 4.76. The summed E-state index contributed by atoms with van der Waals surface area (Å²) in [7, 11) is 0. The molecule has 0 unspecified atom stereocenters. The summed E-state index contributed by atoms with van der Waals surface area (Å²) in [5, 5.41) is 13.6. The van der Waals surface area contributed by atoms with Crippen molar-refractivity contribution in [2.75, 3.05) is 5.32 Å². The molecule has 6 nitrogen and oxygen atoms in total. The maximum atomic E-state index is 11.2. The Morgan fingerprint density at radius 1 is 1.53 bits per heavy atom. The molecular weight excluding hydrogens is 290 g/mol. The fourth-order valence-electron chi connectivity index (χ4n) is 1.17. The second-order valence-corrected chi connectivity index (χ2v) is 4.95. The number of nitrogens with two attached hydrogens (primary N) is 1. The number of amides is 1. The summed E-state index contributed by atoms with van der Waals surface area (Å²) in [6.45, 7) is 3.11. The summed E-state index contributed by atoms with van der Waals surface area (Å²) in [5.74, 6) is -0.591. The number of halogens is 1. The zero-order valence-electron chi connectivity index (χ0n) is 9.36. The van der Waals surface area contributed by atoms with Crippen molar-refractivity contribution in [2.45, 2.75) is 19.4 Å². The van der Waals surface area contributed by atoms with Crippen LogP contribution in [0.1, 0.15) is 13.8 Å². The average Bonchev–Trinajstić information content (AvgIpc) is 2.15. The number of benzene rings is 1. The van der Waals surface area contributed by atoms with E-state index in [9.17, 15) is 14.9 Å². The van der Waals surface area contributed by atoms with Crippen molar-refractivity contribution in [1.82, 2.24) is 0 Å². The van der Waals surface area contributed by atoms with Crippen LogP contribution in [0.4, 0.5) is 11.4 Å². The van der Waals surface area contributed by atoms with E-state index in [1.54, 1.807) is 19.9 Å². The smallest absolute Gasteiger partial charge is 0.292 e. The first kappa shape index (κ1) is 13.4. The molecule has 0 aliphatic carbocycles. The third kappa shape index (κ3) is 3.16. The lowest BCUT2D eigenvalue weighted by molar-refractivity contribution is -0.384. The lowest BCUT2D eigenvalue weighted by atomic mass is 10.0. The first-order chi connectivity index (χ1) is 7.74. The summed E-state index contributed by atoms with van der Waals surface area (Å²) in [6, 6.07) is 4.44. The fraction of sp³-hybridized carbons (Fsp3) is 0.300. The normalized spacial score (nSPS) is 11.0. The highest BCUT2D eigenvalue weighted by Gasteiger charge is 2.27. The third-order valence-corrected chi connectivity index (χ3v) is 2.71. The van der Waals surface area contributed by atoms with Gasteiger partial charge in [0, 0.05) is 10.5 Å². The number of carbonyl (C=O) groups is 1. The van der Waals surface area contributed by atoms with Gasteiger partial charge in [-0.25, -0.2) is 0 Å². The molecular formula is C10H12BrN3O3. The van der Waals surface area contributed by atoms with Gasteiger partial charge in [-0.05, 0) is 26.0 Å². The van der Waals surface area contributed by atoms with Gasteiger partial charge in [-0.3, -0.25) is 14.9 Å². The van der Waals surface area contributed by atoms with Gasteiger partial charge in [0.25, 0.3) is 5.69 Å². The van der Waals surface area contributed by atoms with Crippen molar-refractivity contribution < 1.29 is 9.72 Å². The van der Waals surface area contributed by atoms with E-state index in [4.69, 9.17) is 5.73 Å². The van der Waals surface area contributed by atoms with Crippen molar-refractivity contribution in [1.29, 1.82) is 0 Å². The number of nitro groups is 1. The maximum absolute atomic E-state index is 11.2. The summed E-state index contributed by atoms with van der Waals surface area (Å²) >= 11 is 3.21. The molecule has 0 fully saturated rings. The highest BCUT2D eigenvalue weighted by Crippen LogP contribution is 2.30. The molecule has 0 spiro atoms. The summed E-state index contributed by atoms with van der Waals surface area (Å²) in [5.41, 5.74) is 4.27. The predicted octanol–water partition coefficient (Wildman–Crippen LogP) is 2.03. The molecule has 0 atom stereocenters. The molecule has 0 saturated carbocycles. The molecule has 0 heterocycles. The Hall–Kier alpha value is -1.63. The van der Waals surface area contributed by atoms with Gasteiger partial charge in [0.2, 0.25) is 5.91 Å². The predicted molar refractivity (Wildman–Crippen MR) is 67.7 cm³/mol. The molecule has 0 aromatic heterocycles. The van der Waals surface area contributed by atoms with Crippen molar-refractivity contribution >= 4 is 33.2 Å². The van der Waals surface area contributed by atoms with Crippen LogP contribution in [0.25, 0.3) is 0 Å². The largest absolute Gasteiger partial charge is 0.368 e. The van der Waals surface area contributed by atoms with Crippen LogP contribution in [0.5, 0.6) is 0 Å². The average molecular weight is 302 g/mol. The molecule has 1 rings (SSSR count). The first-order valence-corrected chi connectivity index (χ1v) is 5.55. The SMILES string of the molecule is CC(C)(Nc1cc(Br)ccc1[N+](=O)[O-])C(N)=O. The zero-order valence-corrected chi connectivity index (χ0v) is 10.9. The second-order valence-electron chi connectivity index (χ2n) is 4.03. The highest BCUT2D eigenvalue weighted by atomic mass is 79.9. The van der Waals surface area contributed by atoms with Crippen LogP contribution in [0.15, 0.2) is 22.7 Å². The van der Waals surface area contributed by atoms with Crippen molar-refractivity contribution in [3.05, 3.63) is 32.8 Å². The maximum Gasteiger partial charge on any atom is 0.292 e. The number of nitrogens with zero attached hydrogens (tertiary/aromatic N) is 1. The van der Waals surface area contributed by atoms with Crippen LogP contribution in [-0.4, -0.2) is 16.4 Å². The Bertz CT molecular complexity index is 474. The van der Waals surface area contributed by atoms with Gasteiger partial charge in [-0.2, -0.15) is 0 Å². The van der Waals surface area contributed by atoms with Crippen LogP contribution < -0.4 is 11.1 Å². The quantitative estimate of drug-likeness (QED) is 0.656. The molecule has 0 aliphatic heterocycles. The molecule has 1 aromatic carbocycles. The van der Waals surface area contributed by atoms with E-state index in [0.29, 0.717) is 4.47 Å². The highest BCUT2D eigenvalue weighted by molar-refractivity contribution is 9.10. The summed E-state index contributed by atoms with van der Waals surface area (Å²) < 4.78 is 0.672. The molecule has 0 aliphatic rings. The van der Waals surface area contributed by atoms with Gasteiger partial charge >= 0.3 is 0 Å². The topological polar surface area (TPSA) is 98.3 Å². The minimum Gasteiger partial charge on any atom is -0.368 e. The monoisotopic (exact) mass is 301 g/mol. The number of rotatable bonds is 4. The van der Waals surface area contributed by atoms with E-state index in [1.165, 1.54) is 12.1 Å². The van der Waals surface area contributed by atoms with E-state index in [2.05, 4.69) is 21.2 Å². The van der Waals surface area contributed by atoms with Gasteiger partial charge in [0.05, 0.1) is 4.92 Å². The molecule has 0 bridgehead atoms. The van der Waals surface area contributed by atoms with Crippen LogP contribution in [0.2, 0.25) is 0 Å². The molecule has 1 aromatic rings. The second kappa shape index (κ2) is 4.70. The molecule has 17 heavy (non-hydrogen) atoms. The Labute approximate surface area is 106 Å². The van der Waals surface area contributed by atoms with Gasteiger partial charge < -0.3 is 11.1 Å². The number of hydrogen-bond acceptors (Lipinski definition) is 4. The molecule has 0 saturated heterocycles. The molecule has 1 amide bonds. The van der Waals surface area contributed by atoms with Crippen LogP contribution >= 0.6 is 15.9 Å². The van der Waals surface area contributed by atoms with Crippen LogP contribution in [-0.2, 0) is 4.79 Å². The lowest BCUT2D eigenvalue weighted by Gasteiger charge is -2.23. The molecule has 0 radical (unpaired) electrons. The Morgan fingerprint density at radius 2 is 2.12 bits per heavy atom. The van der Waals surface area contributed by atoms with E-state index in [1.807, 2.05) is 0 Å². The van der Waals surface area contributed by atoms with Crippen LogP contribution in [0.3, 0.4) is 0 Å². The molecule has 7 heteroatoms. The van der Waals surface area contributed by atoms with Crippen molar-refractivity contribution in [3.63, 3.8) is 0 Å². The molecule has 3 N–H and O–H groups in total. The molecule has 92 valence electrons. The van der Waals surface area contributed by atoms with E-state index < -0.39 is 16.4 Å². The minimum atomic E-state index is -1.06. The Morgan fingerprint density at radius 3 is 2.59 bits per heavy atom. The van der Waals surface area contributed by atoms with E-state index in [0.717, 1.165) is 0 Å². The number of primary amides is 1. The number of hydrogen-bond donors (Lipinski definition) is 2. The summed E-state index contributed by atoms with van der Waals surface area (Å²) in [4.78, 5) is 21.5. The third-order valence-electron chi connectivity index (χ3n) is 2.22.